The lowest BCUT2D eigenvalue weighted by Crippen LogP contribution is -2.64. The van der Waals surface area contributed by atoms with Gasteiger partial charge in [-0.1, -0.05) is 88.4 Å². The summed E-state index contributed by atoms with van der Waals surface area (Å²) in [4.78, 5) is 61.3. The second-order valence-corrected chi connectivity index (χ2v) is 14.6. The molecule has 0 saturated carbocycles. The van der Waals surface area contributed by atoms with E-state index in [1.807, 2.05) is 46.2 Å². The maximum atomic E-state index is 13.9. The molecule has 3 aliphatic rings. The summed E-state index contributed by atoms with van der Waals surface area (Å²) >= 11 is 0. The summed E-state index contributed by atoms with van der Waals surface area (Å²) in [6, 6.07) is 20.1. The molecule has 0 radical (unpaired) electrons. The predicted octanol–water partition coefficient (Wildman–Crippen LogP) is 3.76. The van der Waals surface area contributed by atoms with Crippen LogP contribution < -0.4 is 5.32 Å². The molecule has 9 nitrogen and oxygen atoms in total. The first-order valence-corrected chi connectivity index (χ1v) is 17.6. The Balaban J connectivity index is 1.31. The lowest BCUT2D eigenvalue weighted by Gasteiger charge is -2.46. The van der Waals surface area contributed by atoms with E-state index in [2.05, 4.69) is 62.2 Å². The van der Waals surface area contributed by atoms with Crippen molar-refractivity contribution in [3.05, 3.63) is 71.8 Å². The fraction of sp³-hybridized carbons (Fsp3) is 0.579. The van der Waals surface area contributed by atoms with Crippen LogP contribution in [-0.2, 0) is 32.0 Å². The van der Waals surface area contributed by atoms with Crippen LogP contribution in [0.4, 0.5) is 0 Å². The van der Waals surface area contributed by atoms with Gasteiger partial charge < -0.3 is 20.0 Å². The number of benzene rings is 2. The fourth-order valence-electron chi connectivity index (χ4n) is 7.74. The third-order valence-corrected chi connectivity index (χ3v) is 10.0. The summed E-state index contributed by atoms with van der Waals surface area (Å²) in [7, 11) is 0. The Bertz CT molecular complexity index is 1370. The molecule has 3 heterocycles. The molecular formula is C38H53N5O4. The van der Waals surface area contributed by atoms with Gasteiger partial charge in [0.05, 0.1) is 12.1 Å². The van der Waals surface area contributed by atoms with Crippen molar-refractivity contribution in [3.63, 3.8) is 0 Å². The molecule has 2 aromatic carbocycles. The first-order chi connectivity index (χ1) is 22.6. The van der Waals surface area contributed by atoms with Crippen LogP contribution in [0, 0.1) is 11.8 Å². The van der Waals surface area contributed by atoms with E-state index >= 15 is 0 Å². The van der Waals surface area contributed by atoms with Gasteiger partial charge in [-0.3, -0.25) is 24.1 Å². The van der Waals surface area contributed by atoms with Crippen LogP contribution in [0.15, 0.2) is 60.7 Å². The summed E-state index contributed by atoms with van der Waals surface area (Å²) in [6.45, 7) is 12.2. The Morgan fingerprint density at radius 3 is 2.11 bits per heavy atom. The average Bonchev–Trinajstić information content (AvgIpc) is 3.48. The van der Waals surface area contributed by atoms with Crippen molar-refractivity contribution in [2.45, 2.75) is 90.4 Å². The van der Waals surface area contributed by atoms with Gasteiger partial charge in [-0.15, -0.1) is 0 Å². The highest BCUT2D eigenvalue weighted by Gasteiger charge is 2.43. The molecule has 4 atom stereocenters. The van der Waals surface area contributed by atoms with E-state index in [0.717, 1.165) is 49.8 Å². The minimum absolute atomic E-state index is 0.0313. The molecule has 5 rings (SSSR count). The Hall–Kier alpha value is -3.72. The van der Waals surface area contributed by atoms with Crippen molar-refractivity contribution < 1.29 is 19.2 Å². The van der Waals surface area contributed by atoms with Crippen molar-refractivity contribution in [1.82, 2.24) is 24.9 Å². The van der Waals surface area contributed by atoms with Crippen molar-refractivity contribution in [3.8, 4) is 0 Å². The zero-order chi connectivity index (χ0) is 33.5. The highest BCUT2D eigenvalue weighted by molar-refractivity contribution is 6.36. The van der Waals surface area contributed by atoms with E-state index in [1.165, 1.54) is 0 Å². The van der Waals surface area contributed by atoms with Gasteiger partial charge in [0.2, 0.25) is 0 Å². The molecule has 4 amide bonds. The second kappa shape index (κ2) is 15.9. The van der Waals surface area contributed by atoms with Crippen LogP contribution in [0.5, 0.6) is 0 Å². The monoisotopic (exact) mass is 643 g/mol. The third kappa shape index (κ3) is 8.80. The highest BCUT2D eigenvalue weighted by Crippen LogP contribution is 2.27. The Morgan fingerprint density at radius 2 is 1.45 bits per heavy atom. The van der Waals surface area contributed by atoms with Gasteiger partial charge >= 0.3 is 23.6 Å². The number of carbonyl (C=O) groups is 4. The van der Waals surface area contributed by atoms with Gasteiger partial charge in [0.15, 0.2) is 0 Å². The van der Waals surface area contributed by atoms with E-state index in [-0.39, 0.29) is 24.2 Å². The molecule has 47 heavy (non-hydrogen) atoms. The number of nitrogens with zero attached hydrogens (tertiary/aromatic N) is 4. The fourth-order valence-corrected chi connectivity index (χ4v) is 7.74. The molecule has 0 aliphatic carbocycles. The lowest BCUT2D eigenvalue weighted by molar-refractivity contribution is -0.162. The Morgan fingerprint density at radius 1 is 0.766 bits per heavy atom. The van der Waals surface area contributed by atoms with Crippen molar-refractivity contribution >= 4 is 23.6 Å². The molecule has 3 fully saturated rings. The standard InChI is InChI=1S/C38H53N5O4/c1-27(2)20-33(43-26-34(21-28(3)4)41(37(46)38(43)47)19-17-29-12-7-5-8-13-29)24-40-18-11-16-31(40)25-42-32(23-39-35(44)36(42)45)22-30-14-9-6-10-15-30/h5-10,12-15,27-28,31-34H,11,16-26H2,1-4H3,(H,39,44)/t31-,32+,33+,34+/m1/s1. The normalized spacial score (nSPS) is 23.3. The maximum absolute atomic E-state index is 13.9. The SMILES string of the molecule is CC(C)C[C@H]1CN([C@@H](CC(C)C)CN2CCC[C@@H]2CN2C(=O)C(=O)NC[C@@H]2Cc2ccccc2)C(=O)C(=O)N1CCc1ccccc1. The second-order valence-electron chi connectivity index (χ2n) is 14.6. The van der Waals surface area contributed by atoms with E-state index in [0.29, 0.717) is 51.0 Å². The first kappa shape index (κ1) is 34.6. The summed E-state index contributed by atoms with van der Waals surface area (Å²) in [6.07, 6.45) is 4.95. The first-order valence-electron chi connectivity index (χ1n) is 17.6. The van der Waals surface area contributed by atoms with Gasteiger partial charge in [-0.2, -0.15) is 0 Å². The Labute approximate surface area is 280 Å². The van der Waals surface area contributed by atoms with E-state index in [9.17, 15) is 19.2 Å². The van der Waals surface area contributed by atoms with Gasteiger partial charge in [-0.05, 0) is 68.0 Å². The number of nitrogens with one attached hydrogen (secondary N) is 1. The number of amides is 4. The lowest BCUT2D eigenvalue weighted by atomic mass is 9.95. The van der Waals surface area contributed by atoms with Gasteiger partial charge in [-0.25, -0.2) is 0 Å². The summed E-state index contributed by atoms with van der Waals surface area (Å²) in [5.74, 6) is -1.07. The molecule has 2 aromatic rings. The van der Waals surface area contributed by atoms with E-state index in [4.69, 9.17) is 0 Å². The number of carbonyl (C=O) groups excluding carboxylic acids is 4. The molecule has 9 heteroatoms. The topological polar surface area (TPSA) is 93.3 Å². The average molecular weight is 644 g/mol. The number of hydrogen-bond donors (Lipinski definition) is 1. The van der Waals surface area contributed by atoms with Crippen LogP contribution in [0.1, 0.15) is 64.5 Å². The quantitative estimate of drug-likeness (QED) is 0.317. The van der Waals surface area contributed by atoms with E-state index in [1.54, 1.807) is 4.90 Å². The molecule has 1 N–H and O–H groups in total. The summed E-state index contributed by atoms with van der Waals surface area (Å²) in [5, 5.41) is 2.79. The number of likely N-dealkylation sites (tertiary alicyclic amines) is 1. The molecular weight excluding hydrogens is 590 g/mol. The molecule has 0 spiro atoms. The van der Waals surface area contributed by atoms with Crippen LogP contribution in [0.25, 0.3) is 0 Å². The van der Waals surface area contributed by atoms with Crippen LogP contribution >= 0.6 is 0 Å². The molecule has 0 unspecified atom stereocenters. The number of piperazine rings is 2. The maximum Gasteiger partial charge on any atom is 0.312 e. The smallest absolute Gasteiger partial charge is 0.312 e. The minimum atomic E-state index is -0.540. The largest absolute Gasteiger partial charge is 0.346 e. The minimum Gasteiger partial charge on any atom is -0.346 e. The van der Waals surface area contributed by atoms with Gasteiger partial charge in [0.25, 0.3) is 0 Å². The third-order valence-electron chi connectivity index (χ3n) is 10.0. The van der Waals surface area contributed by atoms with Gasteiger partial charge in [0, 0.05) is 44.8 Å². The molecule has 0 aromatic heterocycles. The van der Waals surface area contributed by atoms with Crippen molar-refractivity contribution in [2.24, 2.45) is 11.8 Å². The Kier molecular flexibility index (Phi) is 11.7. The van der Waals surface area contributed by atoms with Gasteiger partial charge in [0.1, 0.15) is 0 Å². The predicted molar refractivity (Wildman–Crippen MR) is 183 cm³/mol. The summed E-state index contributed by atoms with van der Waals surface area (Å²) in [5.41, 5.74) is 2.29. The number of hydrogen-bond acceptors (Lipinski definition) is 5. The summed E-state index contributed by atoms with van der Waals surface area (Å²) < 4.78 is 0. The van der Waals surface area contributed by atoms with E-state index < -0.39 is 23.6 Å². The van der Waals surface area contributed by atoms with Crippen molar-refractivity contribution in [1.29, 1.82) is 0 Å². The molecule has 254 valence electrons. The number of rotatable bonds is 14. The highest BCUT2D eigenvalue weighted by atomic mass is 16.2. The van der Waals surface area contributed by atoms with Crippen LogP contribution in [0.3, 0.4) is 0 Å². The zero-order valence-corrected chi connectivity index (χ0v) is 28.6. The van der Waals surface area contributed by atoms with Crippen LogP contribution in [-0.4, -0.2) is 107 Å². The molecule has 3 saturated heterocycles. The van der Waals surface area contributed by atoms with Crippen LogP contribution in [0.2, 0.25) is 0 Å². The zero-order valence-electron chi connectivity index (χ0n) is 28.6. The van der Waals surface area contributed by atoms with Crippen molar-refractivity contribution in [2.75, 3.05) is 39.3 Å². The molecule has 3 aliphatic heterocycles. The molecule has 0 bridgehead atoms.